The van der Waals surface area contributed by atoms with Gasteiger partial charge < -0.3 is 5.32 Å². The highest BCUT2D eigenvalue weighted by molar-refractivity contribution is 7.10. The fraction of sp³-hybridized carbons (Fsp3) is 0.217. The Kier molecular flexibility index (Phi) is 4.55. The molecule has 1 amide bonds. The van der Waals surface area contributed by atoms with Crippen LogP contribution in [-0.2, 0) is 17.6 Å². The van der Waals surface area contributed by atoms with Crippen molar-refractivity contribution in [1.29, 1.82) is 5.26 Å². The summed E-state index contributed by atoms with van der Waals surface area (Å²) in [6, 6.07) is 22.3. The molecular formula is C23H20N2OS. The van der Waals surface area contributed by atoms with Crippen LogP contribution in [-0.4, -0.2) is 11.4 Å². The quantitative estimate of drug-likeness (QED) is 0.737. The predicted octanol–water partition coefficient (Wildman–Crippen LogP) is 4.43. The number of nitrogens with one attached hydrogen (secondary N) is 1. The van der Waals surface area contributed by atoms with Gasteiger partial charge in [0.05, 0.1) is 23.6 Å². The Hall–Kier alpha value is -2.90. The van der Waals surface area contributed by atoms with Crippen LogP contribution < -0.4 is 5.32 Å². The molecule has 4 rings (SSSR count). The Morgan fingerprint density at radius 1 is 1.22 bits per heavy atom. The minimum absolute atomic E-state index is 0.0225. The molecule has 0 aliphatic heterocycles. The van der Waals surface area contributed by atoms with Gasteiger partial charge >= 0.3 is 0 Å². The summed E-state index contributed by atoms with van der Waals surface area (Å²) < 4.78 is 0. The Morgan fingerprint density at radius 3 is 2.74 bits per heavy atom. The molecule has 0 unspecified atom stereocenters. The zero-order valence-corrected chi connectivity index (χ0v) is 15.9. The SMILES string of the molecule is C[C@@]1(NC(=O)Cc2cccs2)Cc2ccc(C#N)cc2[C@@H]1c1ccccc1. The molecule has 1 aromatic heterocycles. The van der Waals surface area contributed by atoms with Crippen molar-refractivity contribution >= 4 is 17.2 Å². The van der Waals surface area contributed by atoms with Crippen molar-refractivity contribution in [3.63, 3.8) is 0 Å². The summed E-state index contributed by atoms with van der Waals surface area (Å²) >= 11 is 1.60. The van der Waals surface area contributed by atoms with E-state index in [2.05, 4.69) is 30.4 Å². The molecule has 2 aromatic carbocycles. The van der Waals surface area contributed by atoms with Crippen molar-refractivity contribution in [2.75, 3.05) is 0 Å². The van der Waals surface area contributed by atoms with Crippen LogP contribution in [0.5, 0.6) is 0 Å². The number of nitrogens with zero attached hydrogens (tertiary/aromatic N) is 1. The van der Waals surface area contributed by atoms with E-state index in [4.69, 9.17) is 0 Å². The first-order valence-electron chi connectivity index (χ1n) is 9.00. The summed E-state index contributed by atoms with van der Waals surface area (Å²) in [6.07, 6.45) is 1.15. The van der Waals surface area contributed by atoms with E-state index < -0.39 is 5.54 Å². The summed E-state index contributed by atoms with van der Waals surface area (Å²) in [6.45, 7) is 2.11. The van der Waals surface area contributed by atoms with Crippen molar-refractivity contribution in [3.05, 3.63) is 93.2 Å². The van der Waals surface area contributed by atoms with Gasteiger partial charge in [-0.2, -0.15) is 5.26 Å². The lowest BCUT2D eigenvalue weighted by atomic mass is 9.80. The lowest BCUT2D eigenvalue weighted by Gasteiger charge is -2.33. The molecule has 1 aliphatic rings. The maximum absolute atomic E-state index is 12.8. The maximum Gasteiger partial charge on any atom is 0.225 e. The topological polar surface area (TPSA) is 52.9 Å². The molecule has 0 radical (unpaired) electrons. The summed E-state index contributed by atoms with van der Waals surface area (Å²) in [5, 5.41) is 14.6. The molecule has 3 aromatic rings. The van der Waals surface area contributed by atoms with Gasteiger partial charge in [-0.3, -0.25) is 4.79 Å². The third kappa shape index (κ3) is 3.39. The number of amides is 1. The Morgan fingerprint density at radius 2 is 2.04 bits per heavy atom. The molecule has 0 spiro atoms. The van der Waals surface area contributed by atoms with Gasteiger partial charge in [-0.15, -0.1) is 11.3 Å². The standard InChI is InChI=1S/C23H20N2OS/c1-23(25-21(26)13-19-8-5-11-27-19)14-18-10-9-16(15-24)12-20(18)22(23)17-6-3-2-4-7-17/h2-12,22H,13-14H2,1H3,(H,25,26)/t22-,23+/m0/s1. The molecule has 0 saturated heterocycles. The van der Waals surface area contributed by atoms with Crippen LogP contribution in [0.3, 0.4) is 0 Å². The third-order valence-corrected chi connectivity index (χ3v) is 6.13. The highest BCUT2D eigenvalue weighted by Gasteiger charge is 2.44. The van der Waals surface area contributed by atoms with Gasteiger partial charge in [0.25, 0.3) is 0 Å². The van der Waals surface area contributed by atoms with Gasteiger partial charge in [-0.25, -0.2) is 0 Å². The number of benzene rings is 2. The lowest BCUT2D eigenvalue weighted by molar-refractivity contribution is -0.122. The number of thiophene rings is 1. The molecule has 0 fully saturated rings. The average Bonchev–Trinajstić information content (AvgIpc) is 3.26. The van der Waals surface area contributed by atoms with Gasteiger partial charge in [0.1, 0.15) is 0 Å². The minimum atomic E-state index is -0.424. The van der Waals surface area contributed by atoms with E-state index in [0.717, 1.165) is 22.4 Å². The van der Waals surface area contributed by atoms with Crippen molar-refractivity contribution in [1.82, 2.24) is 5.32 Å². The zero-order chi connectivity index (χ0) is 18.9. The monoisotopic (exact) mass is 372 g/mol. The van der Waals surface area contributed by atoms with Gasteiger partial charge in [-0.1, -0.05) is 42.5 Å². The predicted molar refractivity (Wildman–Crippen MR) is 108 cm³/mol. The van der Waals surface area contributed by atoms with Crippen LogP contribution in [0.15, 0.2) is 66.0 Å². The highest BCUT2D eigenvalue weighted by Crippen LogP contribution is 2.45. The van der Waals surface area contributed by atoms with Crippen LogP contribution in [0.2, 0.25) is 0 Å². The molecular weight excluding hydrogens is 352 g/mol. The van der Waals surface area contributed by atoms with Gasteiger partial charge in [0.15, 0.2) is 0 Å². The summed E-state index contributed by atoms with van der Waals surface area (Å²) in [4.78, 5) is 13.8. The first kappa shape index (κ1) is 17.5. The Bertz CT molecular complexity index is 1000. The van der Waals surface area contributed by atoms with Crippen LogP contribution in [0.1, 0.15) is 40.0 Å². The van der Waals surface area contributed by atoms with Gasteiger partial charge in [0.2, 0.25) is 5.91 Å². The molecule has 1 N–H and O–H groups in total. The fourth-order valence-corrected chi connectivity index (χ4v) is 4.88. The van der Waals surface area contributed by atoms with Crippen LogP contribution in [0.25, 0.3) is 0 Å². The normalized spacial score (nSPS) is 20.7. The number of carbonyl (C=O) groups is 1. The smallest absolute Gasteiger partial charge is 0.225 e. The number of fused-ring (bicyclic) bond motifs is 1. The first-order chi connectivity index (χ1) is 13.1. The molecule has 134 valence electrons. The zero-order valence-electron chi connectivity index (χ0n) is 15.1. The van der Waals surface area contributed by atoms with E-state index >= 15 is 0 Å². The molecule has 1 aliphatic carbocycles. The number of hydrogen-bond acceptors (Lipinski definition) is 3. The number of nitriles is 1. The van der Waals surface area contributed by atoms with E-state index in [1.807, 2.05) is 53.9 Å². The first-order valence-corrected chi connectivity index (χ1v) is 9.88. The van der Waals surface area contributed by atoms with Gasteiger partial charge in [0, 0.05) is 10.8 Å². The van der Waals surface area contributed by atoms with E-state index in [0.29, 0.717) is 12.0 Å². The van der Waals surface area contributed by atoms with E-state index in [-0.39, 0.29) is 11.8 Å². The Labute approximate surface area is 163 Å². The van der Waals surface area contributed by atoms with E-state index in [1.165, 1.54) is 5.56 Å². The maximum atomic E-state index is 12.8. The largest absolute Gasteiger partial charge is 0.349 e. The van der Waals surface area contributed by atoms with E-state index in [9.17, 15) is 10.1 Å². The molecule has 27 heavy (non-hydrogen) atoms. The lowest BCUT2D eigenvalue weighted by Crippen LogP contribution is -2.50. The van der Waals surface area contributed by atoms with Crippen molar-refractivity contribution in [2.45, 2.75) is 31.2 Å². The second-order valence-electron chi connectivity index (χ2n) is 7.27. The van der Waals surface area contributed by atoms with Crippen LogP contribution >= 0.6 is 11.3 Å². The van der Waals surface area contributed by atoms with Crippen molar-refractivity contribution in [2.24, 2.45) is 0 Å². The average molecular weight is 372 g/mol. The second kappa shape index (κ2) is 7.02. The molecule has 4 heteroatoms. The molecule has 2 atom stereocenters. The molecule has 0 bridgehead atoms. The summed E-state index contributed by atoms with van der Waals surface area (Å²) in [5.41, 5.74) is 3.72. The van der Waals surface area contributed by atoms with Crippen molar-refractivity contribution < 1.29 is 4.79 Å². The fourth-order valence-electron chi connectivity index (χ4n) is 4.18. The molecule has 3 nitrogen and oxygen atoms in total. The summed E-state index contributed by atoms with van der Waals surface area (Å²) in [5.74, 6) is 0.0588. The second-order valence-corrected chi connectivity index (χ2v) is 8.30. The van der Waals surface area contributed by atoms with Crippen LogP contribution in [0.4, 0.5) is 0 Å². The van der Waals surface area contributed by atoms with E-state index in [1.54, 1.807) is 11.3 Å². The third-order valence-electron chi connectivity index (χ3n) is 5.25. The number of rotatable bonds is 4. The number of carbonyl (C=O) groups excluding carboxylic acids is 1. The summed E-state index contributed by atoms with van der Waals surface area (Å²) in [7, 11) is 0. The minimum Gasteiger partial charge on any atom is -0.349 e. The Balaban J connectivity index is 1.70. The van der Waals surface area contributed by atoms with Crippen molar-refractivity contribution in [3.8, 4) is 6.07 Å². The van der Waals surface area contributed by atoms with Crippen LogP contribution in [0, 0.1) is 11.3 Å². The molecule has 0 saturated carbocycles. The van der Waals surface area contributed by atoms with Gasteiger partial charge in [-0.05, 0) is 53.6 Å². The number of hydrogen-bond donors (Lipinski definition) is 1. The highest BCUT2D eigenvalue weighted by atomic mass is 32.1. The molecule has 1 heterocycles.